The number of carboxylic acids is 1. The first-order valence-electron chi connectivity index (χ1n) is 7.73. The lowest BCUT2D eigenvalue weighted by Gasteiger charge is -2.31. The summed E-state index contributed by atoms with van der Waals surface area (Å²) in [5.41, 5.74) is 6.03. The molecule has 0 radical (unpaired) electrons. The predicted octanol–water partition coefficient (Wildman–Crippen LogP) is 4.68. The van der Waals surface area contributed by atoms with Crippen LogP contribution in [0.5, 0.6) is 0 Å². The van der Waals surface area contributed by atoms with Gasteiger partial charge in [-0.3, -0.25) is 0 Å². The summed E-state index contributed by atoms with van der Waals surface area (Å²) in [5, 5.41) is 9.14. The quantitative estimate of drug-likeness (QED) is 0.846. The van der Waals surface area contributed by atoms with Crippen molar-refractivity contribution in [3.8, 4) is 0 Å². The number of aromatic carboxylic acids is 1. The van der Waals surface area contributed by atoms with E-state index in [0.29, 0.717) is 11.5 Å². The minimum atomic E-state index is -0.821. The zero-order valence-electron chi connectivity index (χ0n) is 12.1. The van der Waals surface area contributed by atoms with E-state index in [-0.39, 0.29) is 0 Å². The van der Waals surface area contributed by atoms with Crippen molar-refractivity contribution < 1.29 is 9.90 Å². The summed E-state index contributed by atoms with van der Waals surface area (Å²) in [4.78, 5) is 11.1. The molecule has 2 aliphatic rings. The second-order valence-corrected chi connectivity index (χ2v) is 6.21. The van der Waals surface area contributed by atoms with Gasteiger partial charge in [0, 0.05) is 0 Å². The summed E-state index contributed by atoms with van der Waals surface area (Å²) < 4.78 is 0. The van der Waals surface area contributed by atoms with E-state index in [1.54, 1.807) is 6.07 Å². The molecule has 0 saturated heterocycles. The van der Waals surface area contributed by atoms with Crippen molar-refractivity contribution in [3.63, 3.8) is 0 Å². The third-order valence-corrected chi connectivity index (χ3v) is 4.88. The van der Waals surface area contributed by atoms with Gasteiger partial charge in [-0.25, -0.2) is 4.79 Å². The molecule has 0 aliphatic heterocycles. The SMILES string of the molecule is CC1=C(C2CCCCC2)c2ccc(C(=O)O)cc2CC1. The molecule has 0 amide bonds. The number of carboxylic acid groups (broad SMARTS) is 1. The maximum Gasteiger partial charge on any atom is 0.335 e. The lowest BCUT2D eigenvalue weighted by molar-refractivity contribution is 0.0696. The van der Waals surface area contributed by atoms with Crippen LogP contribution in [0.25, 0.3) is 5.57 Å². The van der Waals surface area contributed by atoms with Crippen LogP contribution in [0.3, 0.4) is 0 Å². The zero-order chi connectivity index (χ0) is 14.1. The van der Waals surface area contributed by atoms with E-state index in [4.69, 9.17) is 5.11 Å². The minimum absolute atomic E-state index is 0.422. The summed E-state index contributed by atoms with van der Waals surface area (Å²) in [6, 6.07) is 5.70. The molecule has 1 fully saturated rings. The molecule has 0 aromatic heterocycles. The third kappa shape index (κ3) is 2.39. The molecule has 106 valence electrons. The van der Waals surface area contributed by atoms with E-state index >= 15 is 0 Å². The van der Waals surface area contributed by atoms with Crippen LogP contribution in [0.15, 0.2) is 23.8 Å². The standard InChI is InChI=1S/C18H22O2/c1-12-7-8-14-11-15(18(19)20)9-10-16(14)17(12)13-5-3-2-4-6-13/h9-11,13H,2-8H2,1H3,(H,19,20). The Labute approximate surface area is 120 Å². The van der Waals surface area contributed by atoms with Gasteiger partial charge in [0.2, 0.25) is 0 Å². The highest BCUT2D eigenvalue weighted by atomic mass is 16.4. The number of aryl methyl sites for hydroxylation is 1. The van der Waals surface area contributed by atoms with Crippen LogP contribution in [0.4, 0.5) is 0 Å². The van der Waals surface area contributed by atoms with Gasteiger partial charge in [-0.05, 0) is 67.4 Å². The Morgan fingerprint density at radius 2 is 1.90 bits per heavy atom. The van der Waals surface area contributed by atoms with Gasteiger partial charge in [-0.1, -0.05) is 30.9 Å². The molecule has 3 rings (SSSR count). The molecule has 0 bridgehead atoms. The minimum Gasteiger partial charge on any atom is -0.478 e. The molecule has 2 nitrogen and oxygen atoms in total. The van der Waals surface area contributed by atoms with Crippen LogP contribution in [0.2, 0.25) is 0 Å². The molecule has 1 aromatic carbocycles. The average molecular weight is 270 g/mol. The zero-order valence-corrected chi connectivity index (χ0v) is 12.1. The lowest BCUT2D eigenvalue weighted by atomic mass is 9.74. The van der Waals surface area contributed by atoms with E-state index in [1.807, 2.05) is 12.1 Å². The van der Waals surface area contributed by atoms with Gasteiger partial charge in [-0.2, -0.15) is 0 Å². The van der Waals surface area contributed by atoms with E-state index in [1.165, 1.54) is 54.4 Å². The van der Waals surface area contributed by atoms with Crippen molar-refractivity contribution in [3.05, 3.63) is 40.5 Å². The summed E-state index contributed by atoms with van der Waals surface area (Å²) >= 11 is 0. The molecule has 2 aliphatic carbocycles. The molecule has 1 aromatic rings. The van der Waals surface area contributed by atoms with Crippen LogP contribution in [0, 0.1) is 5.92 Å². The Morgan fingerprint density at radius 3 is 2.60 bits per heavy atom. The molecule has 0 heterocycles. The third-order valence-electron chi connectivity index (χ3n) is 4.88. The van der Waals surface area contributed by atoms with Crippen molar-refractivity contribution in [2.75, 3.05) is 0 Å². The van der Waals surface area contributed by atoms with E-state index in [9.17, 15) is 4.79 Å². The fourth-order valence-corrected chi connectivity index (χ4v) is 3.84. The highest BCUT2D eigenvalue weighted by Crippen LogP contribution is 2.42. The molecule has 0 atom stereocenters. The van der Waals surface area contributed by atoms with Crippen LogP contribution in [-0.2, 0) is 6.42 Å². The monoisotopic (exact) mass is 270 g/mol. The van der Waals surface area contributed by atoms with Gasteiger partial charge >= 0.3 is 5.97 Å². The molecular formula is C18H22O2. The van der Waals surface area contributed by atoms with Crippen molar-refractivity contribution in [1.29, 1.82) is 0 Å². The molecule has 2 heteroatoms. The number of fused-ring (bicyclic) bond motifs is 1. The first-order valence-corrected chi connectivity index (χ1v) is 7.73. The molecule has 20 heavy (non-hydrogen) atoms. The van der Waals surface area contributed by atoms with Gasteiger partial charge in [-0.15, -0.1) is 0 Å². The summed E-state index contributed by atoms with van der Waals surface area (Å²) in [6.07, 6.45) is 8.71. The van der Waals surface area contributed by atoms with Crippen LogP contribution in [-0.4, -0.2) is 11.1 Å². The van der Waals surface area contributed by atoms with E-state index < -0.39 is 5.97 Å². The normalized spacial score (nSPS) is 19.9. The average Bonchev–Trinajstić information content (AvgIpc) is 2.47. The maximum atomic E-state index is 11.1. The Bertz CT molecular complexity index is 563. The predicted molar refractivity (Wildman–Crippen MR) is 80.9 cm³/mol. The number of carbonyl (C=O) groups is 1. The van der Waals surface area contributed by atoms with Gasteiger partial charge < -0.3 is 5.11 Å². The second-order valence-electron chi connectivity index (χ2n) is 6.21. The first kappa shape index (κ1) is 13.4. The topological polar surface area (TPSA) is 37.3 Å². The Hall–Kier alpha value is -1.57. The molecule has 1 saturated carbocycles. The second kappa shape index (κ2) is 5.43. The van der Waals surface area contributed by atoms with E-state index in [2.05, 4.69) is 6.92 Å². The number of hydrogen-bond donors (Lipinski definition) is 1. The summed E-state index contributed by atoms with van der Waals surface area (Å²) in [6.45, 7) is 2.26. The first-order chi connectivity index (χ1) is 9.66. The maximum absolute atomic E-state index is 11.1. The van der Waals surface area contributed by atoms with Gasteiger partial charge in [0.05, 0.1) is 5.56 Å². The highest BCUT2D eigenvalue weighted by molar-refractivity contribution is 5.89. The Kier molecular flexibility index (Phi) is 3.64. The highest BCUT2D eigenvalue weighted by Gasteiger charge is 2.25. The molecule has 1 N–H and O–H groups in total. The Balaban J connectivity index is 2.00. The number of rotatable bonds is 2. The van der Waals surface area contributed by atoms with Crippen molar-refractivity contribution in [1.82, 2.24) is 0 Å². The van der Waals surface area contributed by atoms with Crippen molar-refractivity contribution in [2.24, 2.45) is 5.92 Å². The fraction of sp³-hybridized carbons (Fsp3) is 0.500. The molecule has 0 unspecified atom stereocenters. The van der Waals surface area contributed by atoms with Gasteiger partial charge in [0.25, 0.3) is 0 Å². The van der Waals surface area contributed by atoms with Crippen molar-refractivity contribution >= 4 is 11.5 Å². The lowest BCUT2D eigenvalue weighted by Crippen LogP contribution is -2.15. The van der Waals surface area contributed by atoms with Crippen LogP contribution < -0.4 is 0 Å². The van der Waals surface area contributed by atoms with Crippen LogP contribution in [0.1, 0.15) is 66.9 Å². The number of allylic oxidation sites excluding steroid dienone is 2. The molecular weight excluding hydrogens is 248 g/mol. The number of hydrogen-bond acceptors (Lipinski definition) is 1. The van der Waals surface area contributed by atoms with Crippen LogP contribution >= 0.6 is 0 Å². The Morgan fingerprint density at radius 1 is 1.15 bits per heavy atom. The smallest absolute Gasteiger partial charge is 0.335 e. The number of benzene rings is 1. The van der Waals surface area contributed by atoms with Gasteiger partial charge in [0.15, 0.2) is 0 Å². The van der Waals surface area contributed by atoms with E-state index in [0.717, 1.165) is 12.8 Å². The largest absolute Gasteiger partial charge is 0.478 e. The fourth-order valence-electron chi connectivity index (χ4n) is 3.84. The van der Waals surface area contributed by atoms with Gasteiger partial charge in [0.1, 0.15) is 0 Å². The molecule has 0 spiro atoms. The summed E-state index contributed by atoms with van der Waals surface area (Å²) in [5.74, 6) is -0.128. The van der Waals surface area contributed by atoms with Crippen molar-refractivity contribution in [2.45, 2.75) is 51.9 Å². The summed E-state index contributed by atoms with van der Waals surface area (Å²) in [7, 11) is 0.